The van der Waals surface area contributed by atoms with E-state index in [-0.39, 0.29) is 0 Å². The second kappa shape index (κ2) is 6.08. The molecule has 0 fully saturated rings. The van der Waals surface area contributed by atoms with Crippen molar-refractivity contribution in [1.82, 2.24) is 9.55 Å². The Morgan fingerprint density at radius 3 is 2.43 bits per heavy atom. The Morgan fingerprint density at radius 1 is 1.19 bits per heavy atom. The first-order valence-electron chi connectivity index (χ1n) is 7.03. The molecule has 1 aromatic carbocycles. The van der Waals surface area contributed by atoms with E-state index in [0.29, 0.717) is 23.2 Å². The number of nitrogens with zero attached hydrogens (tertiary/aromatic N) is 2. The average molecular weight is 289 g/mol. The Morgan fingerprint density at radius 2 is 1.86 bits per heavy atom. The summed E-state index contributed by atoms with van der Waals surface area (Å²) in [4.78, 5) is 4.61. The van der Waals surface area contributed by atoms with E-state index in [2.05, 4.69) is 23.4 Å². The second-order valence-corrected chi connectivity index (χ2v) is 5.47. The lowest BCUT2D eigenvalue weighted by Crippen LogP contribution is -2.09. The maximum atomic E-state index is 6.27. The molecular formula is C16H23N3O2. The van der Waals surface area contributed by atoms with Crippen LogP contribution in [0, 0.1) is 12.8 Å². The summed E-state index contributed by atoms with van der Waals surface area (Å²) in [6.07, 6.45) is 0. The van der Waals surface area contributed by atoms with Gasteiger partial charge in [-0.3, -0.25) is 0 Å². The number of nitrogens with two attached hydrogens (primary N) is 1. The first-order valence-corrected chi connectivity index (χ1v) is 7.03. The van der Waals surface area contributed by atoms with Gasteiger partial charge in [0.2, 0.25) is 0 Å². The third-order valence-corrected chi connectivity index (χ3v) is 3.40. The highest BCUT2D eigenvalue weighted by atomic mass is 16.5. The zero-order valence-electron chi connectivity index (χ0n) is 13.3. The molecule has 0 atom stereocenters. The van der Waals surface area contributed by atoms with E-state index in [1.165, 1.54) is 0 Å². The van der Waals surface area contributed by atoms with Gasteiger partial charge in [-0.15, -0.1) is 0 Å². The first kappa shape index (κ1) is 15.2. The molecule has 0 amide bonds. The van der Waals surface area contributed by atoms with Crippen LogP contribution in [0.5, 0.6) is 11.5 Å². The van der Waals surface area contributed by atoms with Crippen molar-refractivity contribution in [3.8, 4) is 22.8 Å². The molecule has 0 aliphatic heterocycles. The second-order valence-electron chi connectivity index (χ2n) is 5.47. The number of methoxy groups -OCH3 is 2. The van der Waals surface area contributed by atoms with E-state index in [1.807, 2.05) is 25.1 Å². The molecule has 0 unspecified atom stereocenters. The summed E-state index contributed by atoms with van der Waals surface area (Å²) in [7, 11) is 3.24. The van der Waals surface area contributed by atoms with Gasteiger partial charge in [0, 0.05) is 12.1 Å². The lowest BCUT2D eigenvalue weighted by molar-refractivity contribution is 0.355. The Hall–Kier alpha value is -2.17. The number of aromatic nitrogens is 2. The zero-order valence-corrected chi connectivity index (χ0v) is 13.3. The van der Waals surface area contributed by atoms with Crippen molar-refractivity contribution >= 4 is 5.82 Å². The quantitative estimate of drug-likeness (QED) is 0.918. The number of hydrogen-bond donors (Lipinski definition) is 1. The van der Waals surface area contributed by atoms with E-state index in [1.54, 1.807) is 14.2 Å². The Bertz CT molecular complexity index is 633. The number of benzene rings is 1. The molecule has 0 aliphatic carbocycles. The fraction of sp³-hybridized carbons (Fsp3) is 0.438. The van der Waals surface area contributed by atoms with Crippen molar-refractivity contribution in [2.24, 2.45) is 5.92 Å². The standard InChI is InChI=1S/C16H23N3O2/c1-10(2)9-19-11(3)18-15(16(19)17)12-6-7-13(20-4)14(8-12)21-5/h6-8,10H,9,17H2,1-5H3. The van der Waals surface area contributed by atoms with Crippen LogP contribution in [0.25, 0.3) is 11.3 Å². The molecule has 114 valence electrons. The fourth-order valence-corrected chi connectivity index (χ4v) is 2.37. The maximum absolute atomic E-state index is 6.27. The number of rotatable bonds is 5. The number of anilines is 1. The Kier molecular flexibility index (Phi) is 4.40. The Labute approximate surface area is 125 Å². The molecular weight excluding hydrogens is 266 g/mol. The molecule has 21 heavy (non-hydrogen) atoms. The molecule has 1 heterocycles. The molecule has 0 aliphatic rings. The summed E-state index contributed by atoms with van der Waals surface area (Å²) >= 11 is 0. The summed E-state index contributed by atoms with van der Waals surface area (Å²) < 4.78 is 12.6. The van der Waals surface area contributed by atoms with Crippen molar-refractivity contribution in [2.45, 2.75) is 27.3 Å². The molecule has 0 bridgehead atoms. The van der Waals surface area contributed by atoms with Crippen LogP contribution in [0.2, 0.25) is 0 Å². The van der Waals surface area contributed by atoms with Gasteiger partial charge in [0.15, 0.2) is 11.5 Å². The average Bonchev–Trinajstić information content (AvgIpc) is 2.74. The number of hydrogen-bond acceptors (Lipinski definition) is 4. The van der Waals surface area contributed by atoms with Crippen molar-refractivity contribution in [3.63, 3.8) is 0 Å². The lowest BCUT2D eigenvalue weighted by atomic mass is 10.1. The van der Waals surface area contributed by atoms with Crippen molar-refractivity contribution in [2.75, 3.05) is 20.0 Å². The highest BCUT2D eigenvalue weighted by Gasteiger charge is 2.16. The summed E-state index contributed by atoms with van der Waals surface area (Å²) in [6.45, 7) is 7.16. The topological polar surface area (TPSA) is 62.3 Å². The van der Waals surface area contributed by atoms with Crippen LogP contribution in [-0.2, 0) is 6.54 Å². The third-order valence-electron chi connectivity index (χ3n) is 3.40. The zero-order chi connectivity index (χ0) is 15.6. The van der Waals surface area contributed by atoms with E-state index in [9.17, 15) is 0 Å². The predicted octanol–water partition coefficient (Wildman–Crippen LogP) is 3.11. The number of aryl methyl sites for hydroxylation is 1. The SMILES string of the molecule is COc1ccc(-c2nc(C)n(CC(C)C)c2N)cc1OC. The van der Waals surface area contributed by atoms with Gasteiger partial charge in [-0.25, -0.2) is 4.98 Å². The van der Waals surface area contributed by atoms with Crippen LogP contribution in [0.4, 0.5) is 5.82 Å². The molecule has 0 spiro atoms. The molecule has 1 aromatic heterocycles. The summed E-state index contributed by atoms with van der Waals surface area (Å²) in [5.74, 6) is 3.49. The monoisotopic (exact) mass is 289 g/mol. The van der Waals surface area contributed by atoms with Crippen molar-refractivity contribution < 1.29 is 9.47 Å². The molecule has 2 N–H and O–H groups in total. The maximum Gasteiger partial charge on any atom is 0.161 e. The van der Waals surface area contributed by atoms with E-state index in [0.717, 1.165) is 23.6 Å². The molecule has 0 saturated heterocycles. The minimum Gasteiger partial charge on any atom is -0.493 e. The van der Waals surface area contributed by atoms with Crippen LogP contribution < -0.4 is 15.2 Å². The number of nitrogen functional groups attached to an aromatic ring is 1. The van der Waals surface area contributed by atoms with Gasteiger partial charge in [-0.05, 0) is 31.0 Å². The lowest BCUT2D eigenvalue weighted by Gasteiger charge is -2.11. The molecule has 0 radical (unpaired) electrons. The highest BCUT2D eigenvalue weighted by Crippen LogP contribution is 2.34. The van der Waals surface area contributed by atoms with Crippen LogP contribution >= 0.6 is 0 Å². The summed E-state index contributed by atoms with van der Waals surface area (Å²) in [5, 5.41) is 0. The first-order chi connectivity index (χ1) is 9.97. The normalized spacial score (nSPS) is 11.0. The van der Waals surface area contributed by atoms with Crippen LogP contribution in [0.1, 0.15) is 19.7 Å². The largest absolute Gasteiger partial charge is 0.493 e. The minimum absolute atomic E-state index is 0.512. The van der Waals surface area contributed by atoms with Gasteiger partial charge in [-0.1, -0.05) is 13.8 Å². The van der Waals surface area contributed by atoms with Crippen LogP contribution in [0.15, 0.2) is 18.2 Å². The summed E-state index contributed by atoms with van der Waals surface area (Å²) in [6, 6.07) is 5.71. The molecule has 5 nitrogen and oxygen atoms in total. The van der Waals surface area contributed by atoms with Gasteiger partial charge < -0.3 is 19.8 Å². The molecule has 2 rings (SSSR count). The summed E-state index contributed by atoms with van der Waals surface area (Å²) in [5.41, 5.74) is 7.99. The molecule has 2 aromatic rings. The van der Waals surface area contributed by atoms with Gasteiger partial charge >= 0.3 is 0 Å². The van der Waals surface area contributed by atoms with Gasteiger partial charge in [-0.2, -0.15) is 0 Å². The minimum atomic E-state index is 0.512. The van der Waals surface area contributed by atoms with E-state index in [4.69, 9.17) is 15.2 Å². The van der Waals surface area contributed by atoms with Gasteiger partial charge in [0.25, 0.3) is 0 Å². The smallest absolute Gasteiger partial charge is 0.161 e. The van der Waals surface area contributed by atoms with E-state index >= 15 is 0 Å². The fourth-order valence-electron chi connectivity index (χ4n) is 2.37. The van der Waals surface area contributed by atoms with Crippen molar-refractivity contribution in [3.05, 3.63) is 24.0 Å². The third kappa shape index (κ3) is 2.96. The Balaban J connectivity index is 2.47. The van der Waals surface area contributed by atoms with E-state index < -0.39 is 0 Å². The van der Waals surface area contributed by atoms with Gasteiger partial charge in [0.1, 0.15) is 17.3 Å². The van der Waals surface area contributed by atoms with Crippen LogP contribution in [0.3, 0.4) is 0 Å². The number of ether oxygens (including phenoxy) is 2. The van der Waals surface area contributed by atoms with Gasteiger partial charge in [0.05, 0.1) is 14.2 Å². The highest BCUT2D eigenvalue weighted by molar-refractivity contribution is 5.73. The predicted molar refractivity (Wildman–Crippen MR) is 84.8 cm³/mol. The van der Waals surface area contributed by atoms with Crippen LogP contribution in [-0.4, -0.2) is 23.8 Å². The number of imidazole rings is 1. The van der Waals surface area contributed by atoms with Crippen molar-refractivity contribution in [1.29, 1.82) is 0 Å². The molecule has 0 saturated carbocycles. The molecule has 5 heteroatoms.